The molecule has 1 aliphatic rings. The van der Waals surface area contributed by atoms with Gasteiger partial charge in [0.1, 0.15) is 29.4 Å². The molecule has 4 aromatic rings. The molecular formula is C22H19ClN8O2. The Labute approximate surface area is 193 Å². The number of anilines is 2. The summed E-state index contributed by atoms with van der Waals surface area (Å²) in [4.78, 5) is 45.2. The summed E-state index contributed by atoms with van der Waals surface area (Å²) in [6.07, 6.45) is 4.58. The molecule has 0 fully saturated rings. The van der Waals surface area contributed by atoms with Gasteiger partial charge in [-0.2, -0.15) is 0 Å². The van der Waals surface area contributed by atoms with E-state index >= 15 is 0 Å². The third-order valence-electron chi connectivity index (χ3n) is 5.41. The standard InChI is InChI=1S/C22H19ClN8O2/c1-12(28-19-17-18(25-10-26-19)27-11-30(2)21(17)32)20-29-15-7-3-6-14(23)16(15)22(33)31(20)13-5-4-8-24-9-13/h3-10,12H,11H2,1-2H3,(H2,25,26,27,28)/t12-/m0/s1. The second-order valence-electron chi connectivity index (χ2n) is 7.61. The minimum absolute atomic E-state index is 0.207. The highest BCUT2D eigenvalue weighted by Gasteiger charge is 2.28. The minimum Gasteiger partial charge on any atom is -0.360 e. The number of pyridine rings is 1. The molecule has 0 unspecified atom stereocenters. The predicted octanol–water partition coefficient (Wildman–Crippen LogP) is 2.85. The third kappa shape index (κ3) is 3.54. The van der Waals surface area contributed by atoms with Crippen molar-refractivity contribution >= 4 is 40.0 Å². The Morgan fingerprint density at radius 3 is 2.82 bits per heavy atom. The number of fused-ring (bicyclic) bond motifs is 2. The fraction of sp³-hybridized carbons (Fsp3) is 0.182. The minimum atomic E-state index is -0.514. The fourth-order valence-electron chi connectivity index (χ4n) is 3.79. The average molecular weight is 463 g/mol. The van der Waals surface area contributed by atoms with E-state index in [4.69, 9.17) is 16.6 Å². The number of rotatable bonds is 4. The fourth-order valence-corrected chi connectivity index (χ4v) is 4.04. The number of carbonyl (C=O) groups excluding carboxylic acids is 1. The summed E-state index contributed by atoms with van der Waals surface area (Å²) in [5, 5.41) is 6.97. The van der Waals surface area contributed by atoms with Crippen LogP contribution in [0.4, 0.5) is 11.6 Å². The predicted molar refractivity (Wildman–Crippen MR) is 125 cm³/mol. The summed E-state index contributed by atoms with van der Waals surface area (Å²) in [5.41, 5.74) is 1.03. The first kappa shape index (κ1) is 20.8. The topological polar surface area (TPSA) is 118 Å². The number of nitrogens with zero attached hydrogens (tertiary/aromatic N) is 6. The molecule has 10 nitrogen and oxygen atoms in total. The van der Waals surface area contributed by atoms with Crippen LogP contribution in [0.25, 0.3) is 16.6 Å². The molecule has 166 valence electrons. The number of nitrogens with one attached hydrogen (secondary N) is 2. The maximum atomic E-state index is 13.5. The summed E-state index contributed by atoms with van der Waals surface area (Å²) in [6, 6.07) is 8.13. The molecule has 0 radical (unpaired) electrons. The molecule has 0 saturated heterocycles. The molecule has 4 heterocycles. The lowest BCUT2D eigenvalue weighted by molar-refractivity contribution is 0.0796. The lowest BCUT2D eigenvalue weighted by atomic mass is 10.1. The first-order chi connectivity index (χ1) is 16.0. The quantitative estimate of drug-likeness (QED) is 0.475. The van der Waals surface area contributed by atoms with Crippen molar-refractivity contribution < 1.29 is 4.79 Å². The largest absolute Gasteiger partial charge is 0.360 e. The van der Waals surface area contributed by atoms with Gasteiger partial charge in [-0.15, -0.1) is 0 Å². The lowest BCUT2D eigenvalue weighted by Gasteiger charge is -2.27. The Kier molecular flexibility index (Phi) is 5.14. The molecule has 33 heavy (non-hydrogen) atoms. The zero-order chi connectivity index (χ0) is 23.1. The van der Waals surface area contributed by atoms with E-state index in [0.717, 1.165) is 0 Å². The number of hydrogen-bond acceptors (Lipinski definition) is 8. The number of hydrogen-bond donors (Lipinski definition) is 2. The molecule has 1 amide bonds. The number of halogens is 1. The Balaban J connectivity index is 1.67. The van der Waals surface area contributed by atoms with Gasteiger partial charge in [-0.1, -0.05) is 17.7 Å². The Morgan fingerprint density at radius 2 is 2.03 bits per heavy atom. The Morgan fingerprint density at radius 1 is 1.18 bits per heavy atom. The van der Waals surface area contributed by atoms with Crippen LogP contribution in [0, 0.1) is 0 Å². The van der Waals surface area contributed by atoms with Crippen molar-refractivity contribution in [1.29, 1.82) is 0 Å². The molecule has 1 aliphatic heterocycles. The Hall–Kier alpha value is -4.05. The van der Waals surface area contributed by atoms with Gasteiger partial charge < -0.3 is 15.5 Å². The Bertz CT molecular complexity index is 1440. The van der Waals surface area contributed by atoms with Gasteiger partial charge in [0, 0.05) is 13.2 Å². The number of carbonyl (C=O) groups is 1. The van der Waals surface area contributed by atoms with E-state index in [1.54, 1.807) is 49.8 Å². The molecule has 1 aromatic carbocycles. The van der Waals surface area contributed by atoms with Crippen molar-refractivity contribution in [1.82, 2.24) is 29.4 Å². The molecule has 0 saturated carbocycles. The monoisotopic (exact) mass is 462 g/mol. The van der Waals surface area contributed by atoms with Crippen molar-refractivity contribution in [2.24, 2.45) is 0 Å². The SMILES string of the molecule is C[C@H](Nc1ncnc2c1C(=O)N(C)CN2)c1nc2cccc(Cl)c2c(=O)n1-c1cccnc1. The van der Waals surface area contributed by atoms with Crippen molar-refractivity contribution in [3.05, 3.63) is 75.8 Å². The first-order valence-corrected chi connectivity index (χ1v) is 10.6. The van der Waals surface area contributed by atoms with Crippen LogP contribution in [0.2, 0.25) is 5.02 Å². The van der Waals surface area contributed by atoms with Gasteiger partial charge in [-0.05, 0) is 31.2 Å². The zero-order valence-electron chi connectivity index (χ0n) is 17.8. The van der Waals surface area contributed by atoms with Gasteiger partial charge >= 0.3 is 0 Å². The van der Waals surface area contributed by atoms with Crippen molar-refractivity contribution in [2.45, 2.75) is 13.0 Å². The lowest BCUT2D eigenvalue weighted by Crippen LogP contribution is -2.38. The van der Waals surface area contributed by atoms with Crippen LogP contribution < -0.4 is 16.2 Å². The van der Waals surface area contributed by atoms with E-state index < -0.39 is 6.04 Å². The van der Waals surface area contributed by atoms with E-state index in [-0.39, 0.29) is 11.5 Å². The maximum Gasteiger partial charge on any atom is 0.267 e. The number of benzene rings is 1. The summed E-state index contributed by atoms with van der Waals surface area (Å²) in [6.45, 7) is 2.19. The van der Waals surface area contributed by atoms with E-state index in [2.05, 4.69) is 25.6 Å². The molecule has 5 rings (SSSR count). The highest BCUT2D eigenvalue weighted by Crippen LogP contribution is 2.29. The molecule has 3 aromatic heterocycles. The van der Waals surface area contributed by atoms with Crippen molar-refractivity contribution in [3.8, 4) is 5.69 Å². The highest BCUT2D eigenvalue weighted by molar-refractivity contribution is 6.35. The molecule has 2 N–H and O–H groups in total. The molecule has 1 atom stereocenters. The van der Waals surface area contributed by atoms with E-state index in [9.17, 15) is 9.59 Å². The van der Waals surface area contributed by atoms with Crippen LogP contribution in [-0.4, -0.2) is 49.0 Å². The van der Waals surface area contributed by atoms with Crippen molar-refractivity contribution in [3.63, 3.8) is 0 Å². The smallest absolute Gasteiger partial charge is 0.267 e. The maximum absolute atomic E-state index is 13.5. The highest BCUT2D eigenvalue weighted by atomic mass is 35.5. The summed E-state index contributed by atoms with van der Waals surface area (Å²) in [7, 11) is 1.69. The molecule has 0 bridgehead atoms. The number of aromatic nitrogens is 5. The first-order valence-electron chi connectivity index (χ1n) is 10.2. The van der Waals surface area contributed by atoms with Gasteiger partial charge in [-0.25, -0.2) is 15.0 Å². The summed E-state index contributed by atoms with van der Waals surface area (Å²) in [5.74, 6) is 1.00. The molecule has 0 aliphatic carbocycles. The van der Waals surface area contributed by atoms with Gasteiger partial charge in [0.05, 0.1) is 40.5 Å². The van der Waals surface area contributed by atoms with Crippen LogP contribution in [0.15, 0.2) is 53.8 Å². The average Bonchev–Trinajstić information content (AvgIpc) is 2.82. The number of amides is 1. The molecule has 0 spiro atoms. The van der Waals surface area contributed by atoms with Gasteiger partial charge in [-0.3, -0.25) is 19.1 Å². The van der Waals surface area contributed by atoms with Crippen LogP contribution >= 0.6 is 11.6 Å². The molecular weight excluding hydrogens is 444 g/mol. The van der Waals surface area contributed by atoms with Crippen LogP contribution in [-0.2, 0) is 0 Å². The third-order valence-corrected chi connectivity index (χ3v) is 5.72. The van der Waals surface area contributed by atoms with Crippen LogP contribution in [0.5, 0.6) is 0 Å². The van der Waals surface area contributed by atoms with E-state index in [1.807, 2.05) is 6.92 Å². The van der Waals surface area contributed by atoms with Gasteiger partial charge in [0.2, 0.25) is 0 Å². The van der Waals surface area contributed by atoms with Crippen LogP contribution in [0.1, 0.15) is 29.1 Å². The van der Waals surface area contributed by atoms with Gasteiger partial charge in [0.25, 0.3) is 11.5 Å². The van der Waals surface area contributed by atoms with Crippen LogP contribution in [0.3, 0.4) is 0 Å². The van der Waals surface area contributed by atoms with E-state index in [1.165, 1.54) is 15.8 Å². The van der Waals surface area contributed by atoms with E-state index in [0.29, 0.717) is 51.3 Å². The summed E-state index contributed by atoms with van der Waals surface area (Å²) < 4.78 is 1.47. The normalized spacial score (nSPS) is 14.0. The molecule has 11 heteroatoms. The second-order valence-corrected chi connectivity index (χ2v) is 8.01. The van der Waals surface area contributed by atoms with Crippen molar-refractivity contribution in [2.75, 3.05) is 24.3 Å². The second kappa shape index (κ2) is 8.14. The summed E-state index contributed by atoms with van der Waals surface area (Å²) >= 11 is 6.34. The zero-order valence-corrected chi connectivity index (χ0v) is 18.5. The van der Waals surface area contributed by atoms with Gasteiger partial charge in [0.15, 0.2) is 0 Å².